The summed E-state index contributed by atoms with van der Waals surface area (Å²) in [4.78, 5) is 17.1. The number of alkyl halides is 3. The molecule has 0 fully saturated rings. The minimum atomic E-state index is -5.10. The summed E-state index contributed by atoms with van der Waals surface area (Å²) in [7, 11) is 0. The monoisotopic (exact) mass is 463 g/mol. The average Bonchev–Trinajstić information content (AvgIpc) is 3.21. The fourth-order valence-corrected chi connectivity index (χ4v) is 3.44. The standard InChI is InChI=1S/C25H20F3N5O/c1-24(2,3)18-8-10-19(11-9-18)33(23(34)25(26,27)28)22-15-32-21(30-22)13-12-20(31-32)17-6-4-16(14-29)5-7-17/h4-13,15H,1-3H3. The Morgan fingerprint density at radius 3 is 2.18 bits per heavy atom. The van der Waals surface area contributed by atoms with Gasteiger partial charge in [0.05, 0.1) is 29.2 Å². The molecule has 0 N–H and O–H groups in total. The van der Waals surface area contributed by atoms with E-state index in [4.69, 9.17) is 5.26 Å². The number of amides is 1. The first kappa shape index (κ1) is 23.0. The average molecular weight is 463 g/mol. The van der Waals surface area contributed by atoms with Crippen LogP contribution >= 0.6 is 0 Å². The van der Waals surface area contributed by atoms with Crippen LogP contribution < -0.4 is 4.90 Å². The van der Waals surface area contributed by atoms with Gasteiger partial charge in [-0.05, 0) is 47.4 Å². The van der Waals surface area contributed by atoms with Gasteiger partial charge in [0, 0.05) is 5.56 Å². The van der Waals surface area contributed by atoms with E-state index in [1.54, 1.807) is 48.5 Å². The number of hydrogen-bond acceptors (Lipinski definition) is 4. The largest absolute Gasteiger partial charge is 0.472 e. The van der Waals surface area contributed by atoms with Gasteiger partial charge in [0.2, 0.25) is 0 Å². The zero-order valence-corrected chi connectivity index (χ0v) is 18.6. The summed E-state index contributed by atoms with van der Waals surface area (Å²) < 4.78 is 41.8. The van der Waals surface area contributed by atoms with E-state index in [1.165, 1.54) is 22.8 Å². The fraction of sp³-hybridized carbons (Fsp3) is 0.200. The normalized spacial score (nSPS) is 11.9. The van der Waals surface area contributed by atoms with Crippen molar-refractivity contribution in [3.05, 3.63) is 78.0 Å². The molecule has 9 heteroatoms. The molecule has 34 heavy (non-hydrogen) atoms. The summed E-state index contributed by atoms with van der Waals surface area (Å²) in [6.45, 7) is 5.96. The van der Waals surface area contributed by atoms with Crippen LogP contribution in [-0.2, 0) is 10.2 Å². The Morgan fingerprint density at radius 2 is 1.62 bits per heavy atom. The Morgan fingerprint density at radius 1 is 0.971 bits per heavy atom. The van der Waals surface area contributed by atoms with E-state index in [1.807, 2.05) is 26.8 Å². The molecule has 172 valence electrons. The van der Waals surface area contributed by atoms with Crippen LogP contribution in [0.3, 0.4) is 0 Å². The molecule has 4 rings (SSSR count). The topological polar surface area (TPSA) is 74.3 Å². The van der Waals surface area contributed by atoms with E-state index in [2.05, 4.69) is 10.1 Å². The summed E-state index contributed by atoms with van der Waals surface area (Å²) in [5.41, 5.74) is 2.78. The molecule has 6 nitrogen and oxygen atoms in total. The van der Waals surface area contributed by atoms with Gasteiger partial charge in [0.1, 0.15) is 0 Å². The second-order valence-corrected chi connectivity index (χ2v) is 8.74. The second-order valence-electron chi connectivity index (χ2n) is 8.74. The van der Waals surface area contributed by atoms with Crippen molar-refractivity contribution in [2.75, 3.05) is 4.90 Å². The molecule has 0 radical (unpaired) electrons. The number of aromatic nitrogens is 3. The Hall–Kier alpha value is -4.19. The number of benzene rings is 2. The SMILES string of the molecule is CC(C)(C)c1ccc(N(C(=O)C(F)(F)F)c2cn3nc(-c4ccc(C#N)cc4)ccc3n2)cc1. The quantitative estimate of drug-likeness (QED) is 0.385. The highest BCUT2D eigenvalue weighted by Gasteiger charge is 2.44. The fourth-order valence-electron chi connectivity index (χ4n) is 3.44. The van der Waals surface area contributed by atoms with Gasteiger partial charge in [0.25, 0.3) is 0 Å². The summed E-state index contributed by atoms with van der Waals surface area (Å²) in [5, 5.41) is 13.4. The minimum Gasteiger partial charge on any atom is -0.263 e. The van der Waals surface area contributed by atoms with Crippen LogP contribution in [-0.4, -0.2) is 26.7 Å². The Bertz CT molecular complexity index is 1390. The molecule has 0 saturated carbocycles. The van der Waals surface area contributed by atoms with E-state index in [9.17, 15) is 18.0 Å². The number of carbonyl (C=O) groups is 1. The molecule has 1 amide bonds. The van der Waals surface area contributed by atoms with Crippen molar-refractivity contribution < 1.29 is 18.0 Å². The van der Waals surface area contributed by atoms with Crippen LogP contribution in [0.4, 0.5) is 24.7 Å². The minimum absolute atomic E-state index is 0.0473. The summed E-state index contributed by atoms with van der Waals surface area (Å²) in [6, 6.07) is 18.4. The number of imidazole rings is 1. The van der Waals surface area contributed by atoms with Crippen molar-refractivity contribution in [1.82, 2.24) is 14.6 Å². The third kappa shape index (κ3) is 4.48. The lowest BCUT2D eigenvalue weighted by Crippen LogP contribution is -2.38. The van der Waals surface area contributed by atoms with Crippen molar-refractivity contribution in [3.63, 3.8) is 0 Å². The third-order valence-electron chi connectivity index (χ3n) is 5.28. The molecular weight excluding hydrogens is 443 g/mol. The predicted octanol–water partition coefficient (Wildman–Crippen LogP) is 5.79. The number of anilines is 2. The van der Waals surface area contributed by atoms with E-state index < -0.39 is 12.1 Å². The maximum absolute atomic E-state index is 13.5. The van der Waals surface area contributed by atoms with Crippen molar-refractivity contribution in [2.45, 2.75) is 32.4 Å². The van der Waals surface area contributed by atoms with E-state index in [0.717, 1.165) is 11.1 Å². The highest BCUT2D eigenvalue weighted by molar-refractivity contribution is 6.03. The molecule has 0 aliphatic rings. The first-order valence-electron chi connectivity index (χ1n) is 10.4. The lowest BCUT2D eigenvalue weighted by Gasteiger charge is -2.24. The van der Waals surface area contributed by atoms with Crippen molar-refractivity contribution in [2.24, 2.45) is 0 Å². The summed E-state index contributed by atoms with van der Waals surface area (Å²) in [6.07, 6.45) is -3.82. The highest BCUT2D eigenvalue weighted by Crippen LogP contribution is 2.33. The molecular formula is C25H20F3N5O. The Labute approximate surface area is 193 Å². The van der Waals surface area contributed by atoms with E-state index >= 15 is 0 Å². The van der Waals surface area contributed by atoms with E-state index in [-0.39, 0.29) is 22.6 Å². The number of carbonyl (C=O) groups excluding carboxylic acids is 1. The van der Waals surface area contributed by atoms with Crippen molar-refractivity contribution in [3.8, 4) is 17.3 Å². The maximum atomic E-state index is 13.5. The van der Waals surface area contributed by atoms with Gasteiger partial charge < -0.3 is 0 Å². The second kappa shape index (κ2) is 8.30. The lowest BCUT2D eigenvalue weighted by molar-refractivity contribution is -0.169. The molecule has 4 aromatic rings. The first-order valence-corrected chi connectivity index (χ1v) is 10.4. The Balaban J connectivity index is 1.78. The van der Waals surface area contributed by atoms with Crippen LogP contribution in [0.15, 0.2) is 66.9 Å². The van der Waals surface area contributed by atoms with Gasteiger partial charge in [-0.25, -0.2) is 9.50 Å². The molecule has 0 aliphatic heterocycles. The van der Waals surface area contributed by atoms with Crippen LogP contribution in [0, 0.1) is 11.3 Å². The summed E-state index contributed by atoms with van der Waals surface area (Å²) in [5.74, 6) is -2.25. The van der Waals surface area contributed by atoms with Gasteiger partial charge in [-0.3, -0.25) is 9.69 Å². The third-order valence-corrected chi connectivity index (χ3v) is 5.28. The summed E-state index contributed by atoms with van der Waals surface area (Å²) >= 11 is 0. The molecule has 2 aromatic carbocycles. The molecule has 0 spiro atoms. The zero-order valence-electron chi connectivity index (χ0n) is 18.6. The predicted molar refractivity (Wildman–Crippen MR) is 121 cm³/mol. The van der Waals surface area contributed by atoms with Gasteiger partial charge in [-0.2, -0.15) is 23.5 Å². The number of rotatable bonds is 3. The Kier molecular flexibility index (Phi) is 5.61. The maximum Gasteiger partial charge on any atom is 0.472 e. The molecule has 0 aliphatic carbocycles. The van der Waals surface area contributed by atoms with Crippen molar-refractivity contribution in [1.29, 1.82) is 5.26 Å². The molecule has 2 heterocycles. The van der Waals surface area contributed by atoms with Crippen LogP contribution in [0.2, 0.25) is 0 Å². The molecule has 0 bridgehead atoms. The van der Waals surface area contributed by atoms with Crippen molar-refractivity contribution >= 4 is 23.1 Å². The van der Waals surface area contributed by atoms with Gasteiger partial charge in [0.15, 0.2) is 11.5 Å². The van der Waals surface area contributed by atoms with Crippen LogP contribution in [0.25, 0.3) is 16.9 Å². The van der Waals surface area contributed by atoms with Gasteiger partial charge in [-0.1, -0.05) is 45.0 Å². The van der Waals surface area contributed by atoms with E-state index in [0.29, 0.717) is 16.2 Å². The van der Waals surface area contributed by atoms with Gasteiger partial charge in [-0.15, -0.1) is 0 Å². The number of nitriles is 1. The first-order chi connectivity index (χ1) is 16.0. The smallest absolute Gasteiger partial charge is 0.263 e. The van der Waals surface area contributed by atoms with Gasteiger partial charge >= 0.3 is 12.1 Å². The van der Waals surface area contributed by atoms with Crippen LogP contribution in [0.5, 0.6) is 0 Å². The molecule has 0 unspecified atom stereocenters. The van der Waals surface area contributed by atoms with Crippen LogP contribution in [0.1, 0.15) is 31.9 Å². The zero-order chi connectivity index (χ0) is 24.7. The lowest BCUT2D eigenvalue weighted by atomic mass is 9.87. The number of nitrogens with zero attached hydrogens (tertiary/aromatic N) is 5. The number of halogens is 3. The molecule has 0 atom stereocenters. The molecule has 2 aromatic heterocycles. The number of hydrogen-bond donors (Lipinski definition) is 0. The highest BCUT2D eigenvalue weighted by atomic mass is 19.4. The molecule has 0 saturated heterocycles. The number of fused-ring (bicyclic) bond motifs is 1.